The monoisotopic (exact) mass is 808 g/mol. The maximum Gasteiger partial charge on any atom is 0.0462 e. The molecule has 0 N–H and O–H groups in total. The lowest BCUT2D eigenvalue weighted by atomic mass is 10.00. The van der Waals surface area contributed by atoms with Crippen LogP contribution in [0.15, 0.2) is 274 Å². The summed E-state index contributed by atoms with van der Waals surface area (Å²) in [6, 6.07) is 84.9. The Morgan fingerprint density at radius 1 is 0.270 bits per heavy atom. The topological polar surface area (TPSA) is 6.48 Å². The van der Waals surface area contributed by atoms with Gasteiger partial charge in [-0.15, -0.1) is 0 Å². The van der Waals surface area contributed by atoms with Crippen LogP contribution < -0.4 is 9.80 Å². The third kappa shape index (κ3) is 9.57. The van der Waals surface area contributed by atoms with Crippen LogP contribution in [0.4, 0.5) is 34.1 Å². The first kappa shape index (κ1) is 40.2. The van der Waals surface area contributed by atoms with Crippen molar-refractivity contribution in [3.63, 3.8) is 0 Å². The maximum absolute atomic E-state index is 3.75. The zero-order chi connectivity index (χ0) is 42.6. The van der Waals surface area contributed by atoms with Gasteiger partial charge in [-0.3, -0.25) is 0 Å². The van der Waals surface area contributed by atoms with Crippen molar-refractivity contribution in [2.45, 2.75) is 6.42 Å². The number of nitrogens with zero attached hydrogens (tertiary/aromatic N) is 2. The Hall–Kier alpha value is -8.20. The largest absolute Gasteiger partial charge is 0.311 e. The molecule has 0 unspecified atom stereocenters. The molecule has 0 aliphatic heterocycles. The van der Waals surface area contributed by atoms with Gasteiger partial charge in [0.2, 0.25) is 0 Å². The number of hydrogen-bond donors (Lipinski definition) is 0. The minimum Gasteiger partial charge on any atom is -0.311 e. The molecular weight excluding hydrogens is 761 g/mol. The lowest BCUT2D eigenvalue weighted by Gasteiger charge is -2.26. The van der Waals surface area contributed by atoms with E-state index in [1.165, 1.54) is 38.9 Å². The summed E-state index contributed by atoms with van der Waals surface area (Å²) in [6.45, 7) is 3.75. The van der Waals surface area contributed by atoms with Crippen LogP contribution in [0.25, 0.3) is 44.5 Å². The summed E-state index contributed by atoms with van der Waals surface area (Å²) in [5, 5.41) is 0. The average Bonchev–Trinajstić information content (AvgIpc) is 3.36. The number of anilines is 6. The summed E-state index contributed by atoms with van der Waals surface area (Å²) in [7, 11) is 0. The number of hydrogen-bond acceptors (Lipinski definition) is 2. The number of rotatable bonds is 14. The second-order valence-corrected chi connectivity index (χ2v) is 15.4. The van der Waals surface area contributed by atoms with Crippen LogP contribution >= 0.6 is 0 Å². The molecule has 0 aromatic heterocycles. The van der Waals surface area contributed by atoms with Crippen LogP contribution in [-0.4, -0.2) is 0 Å². The van der Waals surface area contributed by atoms with Gasteiger partial charge in [0.05, 0.1) is 0 Å². The highest BCUT2D eigenvalue weighted by atomic mass is 15.1. The van der Waals surface area contributed by atoms with E-state index in [2.05, 4.69) is 265 Å². The highest BCUT2D eigenvalue weighted by molar-refractivity contribution is 5.82. The first-order valence-corrected chi connectivity index (χ1v) is 21.5. The molecule has 0 spiro atoms. The normalized spacial score (nSPS) is 11.2. The highest BCUT2D eigenvalue weighted by Gasteiger charge is 2.16. The van der Waals surface area contributed by atoms with E-state index >= 15 is 0 Å². The molecule has 63 heavy (non-hydrogen) atoms. The zero-order valence-corrected chi connectivity index (χ0v) is 35.2. The van der Waals surface area contributed by atoms with Crippen molar-refractivity contribution in [3.05, 3.63) is 279 Å². The van der Waals surface area contributed by atoms with E-state index in [9.17, 15) is 0 Å². The van der Waals surface area contributed by atoms with Crippen LogP contribution in [0, 0.1) is 0 Å². The van der Waals surface area contributed by atoms with Crippen molar-refractivity contribution >= 4 is 34.1 Å². The summed E-state index contributed by atoms with van der Waals surface area (Å²) >= 11 is 0. The van der Waals surface area contributed by atoms with Crippen LogP contribution in [0.1, 0.15) is 5.56 Å². The van der Waals surface area contributed by atoms with Crippen molar-refractivity contribution in [2.24, 2.45) is 0 Å². The van der Waals surface area contributed by atoms with Crippen LogP contribution in [-0.2, 0) is 6.42 Å². The SMILES string of the molecule is C=C/C=C\C=C/Cc1ccc(N(c2ccc(-c3ccccc3)cc2)c2ccc(-c3ccc(N(c4ccccc4)c4ccc(-c5ccc(-c6ccccc6)cc5)cc4)cc3)cc2)cc1. The molecule has 0 amide bonds. The van der Waals surface area contributed by atoms with Crippen molar-refractivity contribution in [1.29, 1.82) is 0 Å². The molecular formula is C61H48N2. The highest BCUT2D eigenvalue weighted by Crippen LogP contribution is 2.39. The Kier molecular flexibility index (Phi) is 12.4. The zero-order valence-electron chi connectivity index (χ0n) is 35.2. The van der Waals surface area contributed by atoms with Gasteiger partial charge in [-0.25, -0.2) is 0 Å². The van der Waals surface area contributed by atoms with Gasteiger partial charge in [0.15, 0.2) is 0 Å². The molecule has 0 saturated heterocycles. The molecule has 9 aromatic rings. The van der Waals surface area contributed by atoms with E-state index in [4.69, 9.17) is 0 Å². The Labute approximate surface area is 372 Å². The van der Waals surface area contributed by atoms with Gasteiger partial charge in [-0.2, -0.15) is 0 Å². The lowest BCUT2D eigenvalue weighted by molar-refractivity contribution is 1.24. The van der Waals surface area contributed by atoms with Gasteiger partial charge in [0, 0.05) is 34.1 Å². The molecule has 0 atom stereocenters. The van der Waals surface area contributed by atoms with E-state index in [0.29, 0.717) is 0 Å². The van der Waals surface area contributed by atoms with E-state index in [1.54, 1.807) is 6.08 Å². The molecule has 0 bridgehead atoms. The molecule has 0 heterocycles. The average molecular weight is 809 g/mol. The summed E-state index contributed by atoms with van der Waals surface area (Å²) in [6.07, 6.45) is 10.8. The maximum atomic E-state index is 3.75. The fraction of sp³-hybridized carbons (Fsp3) is 0.0164. The first-order valence-electron chi connectivity index (χ1n) is 21.5. The third-order valence-electron chi connectivity index (χ3n) is 11.3. The Balaban J connectivity index is 0.969. The lowest BCUT2D eigenvalue weighted by Crippen LogP contribution is -2.10. The molecule has 9 rings (SSSR count). The molecule has 0 saturated carbocycles. The second kappa shape index (κ2) is 19.5. The number of allylic oxidation sites excluding steroid dienone is 5. The molecule has 2 nitrogen and oxygen atoms in total. The summed E-state index contributed by atoms with van der Waals surface area (Å²) < 4.78 is 0. The van der Waals surface area contributed by atoms with E-state index < -0.39 is 0 Å². The molecule has 2 heteroatoms. The minimum atomic E-state index is 0.862. The number of para-hydroxylation sites is 1. The molecule has 0 fully saturated rings. The van der Waals surface area contributed by atoms with Crippen molar-refractivity contribution in [1.82, 2.24) is 0 Å². The predicted octanol–water partition coefficient (Wildman–Crippen LogP) is 17.1. The van der Waals surface area contributed by atoms with Gasteiger partial charge in [-0.05, 0) is 129 Å². The van der Waals surface area contributed by atoms with Crippen molar-refractivity contribution in [2.75, 3.05) is 9.80 Å². The molecule has 302 valence electrons. The molecule has 0 radical (unpaired) electrons. The van der Waals surface area contributed by atoms with Gasteiger partial charge >= 0.3 is 0 Å². The number of benzene rings is 9. The van der Waals surface area contributed by atoms with E-state index in [-0.39, 0.29) is 0 Å². The van der Waals surface area contributed by atoms with Gasteiger partial charge in [0.1, 0.15) is 0 Å². The van der Waals surface area contributed by atoms with Crippen LogP contribution in [0.5, 0.6) is 0 Å². The molecule has 0 aliphatic rings. The summed E-state index contributed by atoms with van der Waals surface area (Å²) in [5.41, 5.74) is 17.4. The Bertz CT molecular complexity index is 2900. The molecule has 9 aromatic carbocycles. The molecule has 0 aliphatic carbocycles. The summed E-state index contributed by atoms with van der Waals surface area (Å²) in [4.78, 5) is 4.65. The standard InChI is InChI=1S/C61H48N2/c1-2-3-4-5-9-16-47-23-37-57(38-24-47)63(60-39-29-52(30-40-60)49-19-12-7-13-20-49)61-45-35-55(36-46-61)54-33-43-59(44-34-54)62(56-21-14-8-15-22-56)58-41-31-53(32-42-58)51-27-25-50(26-28-51)48-17-10-6-11-18-48/h2-15,17-46H,1,16H2/b4-3-,9-5-. The van der Waals surface area contributed by atoms with Crippen molar-refractivity contribution in [3.8, 4) is 44.5 Å². The van der Waals surface area contributed by atoms with Gasteiger partial charge in [0.25, 0.3) is 0 Å². The van der Waals surface area contributed by atoms with Gasteiger partial charge < -0.3 is 9.80 Å². The first-order chi connectivity index (χ1) is 31.2. The fourth-order valence-corrected chi connectivity index (χ4v) is 8.01. The Morgan fingerprint density at radius 2 is 0.540 bits per heavy atom. The minimum absolute atomic E-state index is 0.862. The van der Waals surface area contributed by atoms with E-state index in [0.717, 1.165) is 51.7 Å². The van der Waals surface area contributed by atoms with Crippen molar-refractivity contribution < 1.29 is 0 Å². The van der Waals surface area contributed by atoms with E-state index in [1.807, 2.05) is 12.2 Å². The summed E-state index contributed by atoms with van der Waals surface area (Å²) in [5.74, 6) is 0. The second-order valence-electron chi connectivity index (χ2n) is 15.4. The quantitative estimate of drug-likeness (QED) is 0.101. The Morgan fingerprint density at radius 3 is 0.873 bits per heavy atom. The predicted molar refractivity (Wildman–Crippen MR) is 270 cm³/mol. The van der Waals surface area contributed by atoms with Gasteiger partial charge in [-0.1, -0.05) is 201 Å². The van der Waals surface area contributed by atoms with Crippen LogP contribution in [0.3, 0.4) is 0 Å². The fourth-order valence-electron chi connectivity index (χ4n) is 8.01. The third-order valence-corrected chi connectivity index (χ3v) is 11.3. The smallest absolute Gasteiger partial charge is 0.0462 e. The van der Waals surface area contributed by atoms with Crippen LogP contribution in [0.2, 0.25) is 0 Å².